The topological polar surface area (TPSA) is 84.7 Å². The van der Waals surface area contributed by atoms with Gasteiger partial charge in [-0.1, -0.05) is 38.0 Å². The summed E-state index contributed by atoms with van der Waals surface area (Å²) in [7, 11) is 0. The van der Waals surface area contributed by atoms with Gasteiger partial charge in [-0.2, -0.15) is 5.10 Å². The number of nitrogens with zero attached hydrogens (tertiary/aromatic N) is 4. The van der Waals surface area contributed by atoms with Crippen LogP contribution in [0.5, 0.6) is 0 Å². The van der Waals surface area contributed by atoms with E-state index in [2.05, 4.69) is 17.6 Å². The molecule has 2 heterocycles. The summed E-state index contributed by atoms with van der Waals surface area (Å²) in [5.74, 6) is 2.22. The van der Waals surface area contributed by atoms with Crippen LogP contribution in [0.25, 0.3) is 16.7 Å². The average Bonchev–Trinajstić information content (AvgIpc) is 3.49. The fraction of sp³-hybridized carbons (Fsp3) is 0.538. The molecule has 1 aromatic carbocycles. The summed E-state index contributed by atoms with van der Waals surface area (Å²) < 4.78 is 1.92. The summed E-state index contributed by atoms with van der Waals surface area (Å²) in [4.78, 5) is 22.2. The third-order valence-corrected chi connectivity index (χ3v) is 7.21. The van der Waals surface area contributed by atoms with Gasteiger partial charge < -0.3 is 10.6 Å². The van der Waals surface area contributed by atoms with E-state index in [-0.39, 0.29) is 11.8 Å². The van der Waals surface area contributed by atoms with E-state index in [0.717, 1.165) is 79.0 Å². The third-order valence-electron chi connectivity index (χ3n) is 7.21. The summed E-state index contributed by atoms with van der Waals surface area (Å²) in [6.45, 7) is 4.11. The van der Waals surface area contributed by atoms with Crippen LogP contribution >= 0.6 is 0 Å². The Hall–Kier alpha value is -2.96. The van der Waals surface area contributed by atoms with Gasteiger partial charge in [-0.3, -0.25) is 4.79 Å². The normalized spacial score (nSPS) is 21.4. The highest BCUT2D eigenvalue weighted by atomic mass is 16.1. The molecule has 0 aliphatic heterocycles. The lowest BCUT2D eigenvalue weighted by atomic mass is 9.90. The van der Waals surface area contributed by atoms with E-state index in [1.807, 2.05) is 41.9 Å². The number of nitrogens with one attached hydrogen (secondary N) is 2. The maximum Gasteiger partial charge on any atom is 0.223 e. The lowest BCUT2D eigenvalue weighted by Crippen LogP contribution is -2.42. The van der Waals surface area contributed by atoms with Crippen LogP contribution in [0, 0.1) is 12.8 Å². The molecule has 1 amide bonds. The van der Waals surface area contributed by atoms with Gasteiger partial charge >= 0.3 is 0 Å². The van der Waals surface area contributed by atoms with E-state index in [1.165, 1.54) is 12.8 Å². The van der Waals surface area contributed by atoms with Gasteiger partial charge in [0.15, 0.2) is 5.65 Å². The van der Waals surface area contributed by atoms with E-state index in [1.54, 1.807) is 0 Å². The number of rotatable bonds is 6. The summed E-state index contributed by atoms with van der Waals surface area (Å²) in [5, 5.41) is 12.8. The number of hydrogen-bond donors (Lipinski definition) is 2. The average molecular weight is 447 g/mol. The van der Waals surface area contributed by atoms with Crippen molar-refractivity contribution in [3.8, 4) is 5.69 Å². The van der Waals surface area contributed by atoms with Gasteiger partial charge in [-0.25, -0.2) is 14.6 Å². The fourth-order valence-electron chi connectivity index (χ4n) is 5.32. The molecule has 174 valence electrons. The minimum Gasteiger partial charge on any atom is -0.367 e. The maximum atomic E-state index is 12.5. The number of anilines is 1. The number of fused-ring (bicyclic) bond motifs is 1. The molecule has 0 radical (unpaired) electrons. The van der Waals surface area contributed by atoms with Crippen LogP contribution in [-0.4, -0.2) is 37.7 Å². The highest BCUT2D eigenvalue weighted by Crippen LogP contribution is 2.30. The first-order chi connectivity index (χ1) is 16.1. The van der Waals surface area contributed by atoms with Crippen molar-refractivity contribution in [1.82, 2.24) is 25.1 Å². The number of aromatic nitrogens is 4. The molecular formula is C26H34N6O. The van der Waals surface area contributed by atoms with Gasteiger partial charge in [0.25, 0.3) is 0 Å². The first-order valence-electron chi connectivity index (χ1n) is 12.5. The van der Waals surface area contributed by atoms with E-state index < -0.39 is 0 Å². The molecule has 5 rings (SSSR count). The molecule has 3 aromatic rings. The van der Waals surface area contributed by atoms with Crippen molar-refractivity contribution in [3.05, 3.63) is 41.9 Å². The van der Waals surface area contributed by atoms with Crippen LogP contribution in [0.2, 0.25) is 0 Å². The molecule has 33 heavy (non-hydrogen) atoms. The zero-order chi connectivity index (χ0) is 22.8. The van der Waals surface area contributed by atoms with Gasteiger partial charge in [0.2, 0.25) is 5.91 Å². The zero-order valence-electron chi connectivity index (χ0n) is 19.7. The zero-order valence-corrected chi connectivity index (χ0v) is 19.7. The first-order valence-corrected chi connectivity index (χ1v) is 12.5. The molecule has 0 bridgehead atoms. The second-order valence-electron chi connectivity index (χ2n) is 9.56. The molecular weight excluding hydrogens is 412 g/mol. The maximum absolute atomic E-state index is 12.5. The van der Waals surface area contributed by atoms with Crippen molar-refractivity contribution < 1.29 is 4.79 Å². The molecule has 0 spiro atoms. The molecule has 2 fully saturated rings. The number of para-hydroxylation sites is 1. The Morgan fingerprint density at radius 2 is 1.70 bits per heavy atom. The van der Waals surface area contributed by atoms with Crippen molar-refractivity contribution in [2.24, 2.45) is 5.92 Å². The Balaban J connectivity index is 1.32. The second kappa shape index (κ2) is 9.49. The van der Waals surface area contributed by atoms with Crippen LogP contribution < -0.4 is 10.6 Å². The molecule has 7 heteroatoms. The highest BCUT2D eigenvalue weighted by Gasteiger charge is 2.28. The molecule has 2 aliphatic rings. The van der Waals surface area contributed by atoms with Crippen LogP contribution in [0.1, 0.15) is 69.8 Å². The molecule has 2 N–H and O–H groups in total. The van der Waals surface area contributed by atoms with E-state index in [0.29, 0.717) is 12.1 Å². The molecule has 0 saturated heterocycles. The predicted octanol–water partition coefficient (Wildman–Crippen LogP) is 4.72. The quantitative estimate of drug-likeness (QED) is 0.573. The lowest BCUT2D eigenvalue weighted by Gasteiger charge is -2.30. The standard InChI is InChI=1S/C26H34N6O/c1-3-22-29-24(23-17(2)31-32(25(23)30-22)21-11-5-4-6-12-21)27-19-13-15-20(16-14-19)28-26(33)18-9-7-8-10-18/h4-6,11-12,18-20H,3,7-10,13-16H2,1-2H3,(H,28,33)(H,27,29,30). The fourth-order valence-corrected chi connectivity index (χ4v) is 5.32. The molecule has 2 aliphatic carbocycles. The van der Waals surface area contributed by atoms with Crippen LogP contribution in [-0.2, 0) is 11.2 Å². The van der Waals surface area contributed by atoms with Crippen molar-refractivity contribution in [2.75, 3.05) is 5.32 Å². The van der Waals surface area contributed by atoms with Crippen molar-refractivity contribution in [2.45, 2.75) is 83.7 Å². The van der Waals surface area contributed by atoms with Crippen LogP contribution in [0.4, 0.5) is 5.82 Å². The summed E-state index contributed by atoms with van der Waals surface area (Å²) in [6, 6.07) is 10.8. The van der Waals surface area contributed by atoms with E-state index in [4.69, 9.17) is 15.1 Å². The Bertz CT molecular complexity index is 1110. The Kier molecular flexibility index (Phi) is 6.29. The minimum absolute atomic E-state index is 0.242. The Morgan fingerprint density at radius 1 is 1.00 bits per heavy atom. The van der Waals surface area contributed by atoms with Crippen molar-refractivity contribution in [1.29, 1.82) is 0 Å². The minimum atomic E-state index is 0.242. The van der Waals surface area contributed by atoms with E-state index >= 15 is 0 Å². The third kappa shape index (κ3) is 4.59. The number of amides is 1. The Labute approximate surface area is 195 Å². The SMILES string of the molecule is CCc1nc(NC2CCC(NC(=O)C3CCCC3)CC2)c2c(C)nn(-c3ccccc3)c2n1. The predicted molar refractivity (Wildman–Crippen MR) is 131 cm³/mol. The van der Waals surface area contributed by atoms with Gasteiger partial charge in [-0.05, 0) is 57.6 Å². The number of hydrogen-bond acceptors (Lipinski definition) is 5. The van der Waals surface area contributed by atoms with Gasteiger partial charge in [0.05, 0.1) is 16.8 Å². The van der Waals surface area contributed by atoms with Crippen molar-refractivity contribution >= 4 is 22.8 Å². The number of benzene rings is 1. The summed E-state index contributed by atoms with van der Waals surface area (Å²) >= 11 is 0. The molecule has 7 nitrogen and oxygen atoms in total. The summed E-state index contributed by atoms with van der Waals surface area (Å²) in [6.07, 6.45) is 9.34. The van der Waals surface area contributed by atoms with Crippen molar-refractivity contribution in [3.63, 3.8) is 0 Å². The monoisotopic (exact) mass is 446 g/mol. The van der Waals surface area contributed by atoms with Crippen LogP contribution in [0.15, 0.2) is 30.3 Å². The molecule has 0 unspecified atom stereocenters. The van der Waals surface area contributed by atoms with Gasteiger partial charge in [-0.15, -0.1) is 0 Å². The number of carbonyl (C=O) groups excluding carboxylic acids is 1. The highest BCUT2D eigenvalue weighted by molar-refractivity contribution is 5.90. The largest absolute Gasteiger partial charge is 0.367 e. The van der Waals surface area contributed by atoms with Crippen LogP contribution in [0.3, 0.4) is 0 Å². The summed E-state index contributed by atoms with van der Waals surface area (Å²) in [5.41, 5.74) is 2.78. The van der Waals surface area contributed by atoms with E-state index in [9.17, 15) is 4.79 Å². The lowest BCUT2D eigenvalue weighted by molar-refractivity contribution is -0.125. The number of carbonyl (C=O) groups is 1. The molecule has 2 saturated carbocycles. The Morgan fingerprint density at radius 3 is 2.39 bits per heavy atom. The second-order valence-corrected chi connectivity index (χ2v) is 9.56. The van der Waals surface area contributed by atoms with Gasteiger partial charge in [0, 0.05) is 24.4 Å². The molecule has 2 aromatic heterocycles. The first kappa shape index (κ1) is 21.9. The smallest absolute Gasteiger partial charge is 0.223 e. The van der Waals surface area contributed by atoms with Gasteiger partial charge in [0.1, 0.15) is 11.6 Å². The molecule has 0 atom stereocenters. The number of aryl methyl sites for hydroxylation is 2.